The Morgan fingerprint density at radius 1 is 0.788 bits per heavy atom. The Kier molecular flexibility index (Phi) is 7.05. The molecule has 4 nitrogen and oxygen atoms in total. The molecule has 2 heterocycles. The van der Waals surface area contributed by atoms with E-state index in [-0.39, 0.29) is 12.4 Å². The minimum Gasteiger partial charge on any atom is -1.00 e. The van der Waals surface area contributed by atoms with Crippen LogP contribution in [0.2, 0.25) is 5.02 Å². The number of benzene rings is 3. The van der Waals surface area contributed by atoms with Crippen LogP contribution in [0.15, 0.2) is 83.8 Å². The van der Waals surface area contributed by atoms with Crippen molar-refractivity contribution in [2.24, 2.45) is 0 Å². The number of halogens is 2. The Bertz CT molecular complexity index is 1370. The summed E-state index contributed by atoms with van der Waals surface area (Å²) in [7, 11) is -3.45. The number of pyridine rings is 1. The quantitative estimate of drug-likeness (QED) is 0.434. The van der Waals surface area contributed by atoms with E-state index in [1.54, 1.807) is 16.4 Å². The highest BCUT2D eigenvalue weighted by Crippen LogP contribution is 2.34. The normalized spacial score (nSPS) is 14.7. The highest BCUT2D eigenvalue weighted by Gasteiger charge is 2.25. The van der Waals surface area contributed by atoms with Crippen LogP contribution in [0.3, 0.4) is 0 Å². The molecule has 0 N–H and O–H groups in total. The van der Waals surface area contributed by atoms with E-state index in [2.05, 4.69) is 12.1 Å². The number of rotatable bonds is 4. The van der Waals surface area contributed by atoms with E-state index in [0.29, 0.717) is 23.0 Å². The number of hydrogen-bond acceptors (Lipinski definition) is 3. The van der Waals surface area contributed by atoms with Crippen LogP contribution >= 0.6 is 11.6 Å². The zero-order valence-electron chi connectivity index (χ0n) is 17.9. The van der Waals surface area contributed by atoms with Crippen molar-refractivity contribution in [1.82, 2.24) is 9.29 Å². The molecule has 5 rings (SSSR count). The van der Waals surface area contributed by atoms with Crippen molar-refractivity contribution in [3.63, 3.8) is 0 Å². The molecule has 1 saturated heterocycles. The van der Waals surface area contributed by atoms with Crippen LogP contribution in [0, 0.1) is 0 Å². The largest absolute Gasteiger partial charge is 1.00 e. The van der Waals surface area contributed by atoms with Gasteiger partial charge in [-0.1, -0.05) is 60.5 Å². The summed E-state index contributed by atoms with van der Waals surface area (Å²) in [5.74, 6) is 0. The lowest BCUT2D eigenvalue weighted by molar-refractivity contribution is -0.00000881. The van der Waals surface area contributed by atoms with Gasteiger partial charge in [0.05, 0.1) is 16.1 Å². The molecule has 0 aliphatic carbocycles. The van der Waals surface area contributed by atoms with Crippen LogP contribution in [-0.4, -0.2) is 30.8 Å². The second-order valence-electron chi connectivity index (χ2n) is 8.07. The second kappa shape index (κ2) is 9.82. The SMILES string of the molecule is O=S(=O)(c1ccc(-c2cc(-c3ccccc3)c3cc(Cl)ccc3n2)cc1)N1CCCCC1.[Cl-]. The average Bonchev–Trinajstić information content (AvgIpc) is 2.84. The molecular formula is C26H23Cl2N2O2S-. The van der Waals surface area contributed by atoms with Crippen LogP contribution in [0.4, 0.5) is 0 Å². The second-order valence-corrected chi connectivity index (χ2v) is 10.4. The molecule has 0 amide bonds. The molecule has 4 aromatic rings. The molecule has 1 aromatic heterocycles. The molecule has 0 spiro atoms. The molecule has 0 atom stereocenters. The zero-order valence-corrected chi connectivity index (χ0v) is 20.2. The molecule has 1 aliphatic rings. The van der Waals surface area contributed by atoms with Crippen molar-refractivity contribution < 1.29 is 20.8 Å². The molecular weight excluding hydrogens is 475 g/mol. The van der Waals surface area contributed by atoms with E-state index >= 15 is 0 Å². The van der Waals surface area contributed by atoms with Gasteiger partial charge in [-0.05, 0) is 60.4 Å². The molecule has 33 heavy (non-hydrogen) atoms. The highest BCUT2D eigenvalue weighted by atomic mass is 35.5. The number of sulfonamides is 1. The third-order valence-corrected chi connectivity index (χ3v) is 8.11. The third-order valence-electron chi connectivity index (χ3n) is 5.96. The van der Waals surface area contributed by atoms with E-state index in [1.165, 1.54) is 0 Å². The Morgan fingerprint density at radius 3 is 2.18 bits per heavy atom. The third kappa shape index (κ3) is 4.78. The van der Waals surface area contributed by atoms with E-state index < -0.39 is 10.0 Å². The van der Waals surface area contributed by atoms with Gasteiger partial charge in [0.2, 0.25) is 10.0 Å². The minimum atomic E-state index is -3.45. The van der Waals surface area contributed by atoms with Crippen molar-refractivity contribution in [3.8, 4) is 22.4 Å². The summed E-state index contributed by atoms with van der Waals surface area (Å²) in [5, 5.41) is 1.65. The maximum atomic E-state index is 13.0. The van der Waals surface area contributed by atoms with E-state index in [9.17, 15) is 8.42 Å². The zero-order chi connectivity index (χ0) is 22.1. The molecule has 0 bridgehead atoms. The van der Waals surface area contributed by atoms with Crippen LogP contribution in [0.25, 0.3) is 33.3 Å². The summed E-state index contributed by atoms with van der Waals surface area (Å²) >= 11 is 6.27. The maximum absolute atomic E-state index is 13.0. The predicted molar refractivity (Wildman–Crippen MR) is 130 cm³/mol. The minimum absolute atomic E-state index is 0. The Hall–Kier alpha value is -2.44. The lowest BCUT2D eigenvalue weighted by atomic mass is 9.98. The highest BCUT2D eigenvalue weighted by molar-refractivity contribution is 7.89. The van der Waals surface area contributed by atoms with Gasteiger partial charge in [0.15, 0.2) is 0 Å². The summed E-state index contributed by atoms with van der Waals surface area (Å²) in [5.41, 5.74) is 4.62. The first kappa shape index (κ1) is 23.7. The molecule has 1 fully saturated rings. The number of aromatic nitrogens is 1. The van der Waals surface area contributed by atoms with Crippen molar-refractivity contribution in [3.05, 3.63) is 83.9 Å². The fourth-order valence-corrected chi connectivity index (χ4v) is 5.94. The summed E-state index contributed by atoms with van der Waals surface area (Å²) < 4.78 is 27.6. The summed E-state index contributed by atoms with van der Waals surface area (Å²) in [6, 6.07) is 24.9. The molecule has 0 unspecified atom stereocenters. The van der Waals surface area contributed by atoms with Crippen LogP contribution in [0.1, 0.15) is 19.3 Å². The van der Waals surface area contributed by atoms with Gasteiger partial charge in [0, 0.05) is 29.1 Å². The van der Waals surface area contributed by atoms with Gasteiger partial charge in [0.1, 0.15) is 0 Å². The van der Waals surface area contributed by atoms with Gasteiger partial charge in [-0.3, -0.25) is 0 Å². The van der Waals surface area contributed by atoms with Crippen molar-refractivity contribution >= 4 is 32.5 Å². The van der Waals surface area contributed by atoms with Gasteiger partial charge >= 0.3 is 0 Å². The van der Waals surface area contributed by atoms with Crippen molar-refractivity contribution in [2.75, 3.05) is 13.1 Å². The number of hydrogen-bond donors (Lipinski definition) is 0. The Balaban J connectivity index is 0.00000259. The van der Waals surface area contributed by atoms with Gasteiger partial charge in [-0.25, -0.2) is 13.4 Å². The maximum Gasteiger partial charge on any atom is 0.243 e. The molecule has 1 aliphatic heterocycles. The average molecular weight is 498 g/mol. The Morgan fingerprint density at radius 2 is 1.48 bits per heavy atom. The smallest absolute Gasteiger partial charge is 0.243 e. The number of piperidine rings is 1. The first-order valence-electron chi connectivity index (χ1n) is 10.8. The summed E-state index contributed by atoms with van der Waals surface area (Å²) in [6.45, 7) is 1.19. The molecule has 7 heteroatoms. The number of nitrogens with zero attached hydrogens (tertiary/aromatic N) is 2. The predicted octanol–water partition coefficient (Wildman–Crippen LogP) is 3.40. The van der Waals surface area contributed by atoms with Crippen LogP contribution in [0.5, 0.6) is 0 Å². The standard InChI is InChI=1S/C26H23ClN2O2S.ClH/c27-21-11-14-25-24(17-21)23(19-7-3-1-4-8-19)18-26(28-25)20-9-12-22(13-10-20)32(30,31)29-15-5-2-6-16-29;/h1,3-4,7-14,17-18H,2,5-6,15-16H2;1H/p-1. The van der Waals surface area contributed by atoms with Crippen molar-refractivity contribution in [1.29, 1.82) is 0 Å². The van der Waals surface area contributed by atoms with E-state index in [0.717, 1.165) is 52.5 Å². The van der Waals surface area contributed by atoms with Gasteiger partial charge in [-0.15, -0.1) is 0 Å². The molecule has 3 aromatic carbocycles. The first-order chi connectivity index (χ1) is 15.5. The van der Waals surface area contributed by atoms with Gasteiger partial charge < -0.3 is 12.4 Å². The molecule has 170 valence electrons. The van der Waals surface area contributed by atoms with E-state index in [1.807, 2.05) is 54.6 Å². The molecule has 0 saturated carbocycles. The van der Waals surface area contributed by atoms with Crippen molar-refractivity contribution in [2.45, 2.75) is 24.2 Å². The van der Waals surface area contributed by atoms with Gasteiger partial charge in [0.25, 0.3) is 0 Å². The lowest BCUT2D eigenvalue weighted by Crippen LogP contribution is -3.00. The van der Waals surface area contributed by atoms with E-state index in [4.69, 9.17) is 16.6 Å². The fourth-order valence-electron chi connectivity index (χ4n) is 4.25. The summed E-state index contributed by atoms with van der Waals surface area (Å²) in [4.78, 5) is 5.17. The Labute approximate surface area is 205 Å². The number of fused-ring (bicyclic) bond motifs is 1. The lowest BCUT2D eigenvalue weighted by Gasteiger charge is -2.25. The van der Waals surface area contributed by atoms with Crippen LogP contribution < -0.4 is 12.4 Å². The summed E-state index contributed by atoms with van der Waals surface area (Å²) in [6.07, 6.45) is 2.93. The molecule has 0 radical (unpaired) electrons. The first-order valence-corrected chi connectivity index (χ1v) is 12.6. The monoisotopic (exact) mass is 497 g/mol. The topological polar surface area (TPSA) is 50.3 Å². The van der Waals surface area contributed by atoms with Gasteiger partial charge in [-0.2, -0.15) is 4.31 Å². The fraction of sp³-hybridized carbons (Fsp3) is 0.192. The van der Waals surface area contributed by atoms with Crippen LogP contribution in [-0.2, 0) is 10.0 Å².